The molecule has 0 saturated heterocycles. The van der Waals surface area contributed by atoms with E-state index in [4.69, 9.17) is 9.47 Å². The van der Waals surface area contributed by atoms with Crippen LogP contribution in [0.3, 0.4) is 0 Å². The molecule has 34 heavy (non-hydrogen) atoms. The molecule has 4 nitrogen and oxygen atoms in total. The van der Waals surface area contributed by atoms with Crippen LogP contribution in [-0.4, -0.2) is 24.1 Å². The predicted octanol–water partition coefficient (Wildman–Crippen LogP) is 6.70. The van der Waals surface area contributed by atoms with Gasteiger partial charge in [0.2, 0.25) is 0 Å². The zero-order valence-electron chi connectivity index (χ0n) is 20.5. The highest BCUT2D eigenvalue weighted by Crippen LogP contribution is 2.68. The number of carbonyl (C=O) groups excluding carboxylic acids is 2. The molecule has 4 atom stereocenters. The minimum absolute atomic E-state index is 0.271. The van der Waals surface area contributed by atoms with Crippen LogP contribution in [0, 0.1) is 28.6 Å². The summed E-state index contributed by atoms with van der Waals surface area (Å²) in [7, 11) is 0. The first-order valence-electron chi connectivity index (χ1n) is 12.8. The van der Waals surface area contributed by atoms with Gasteiger partial charge < -0.3 is 9.47 Å². The first-order valence-corrected chi connectivity index (χ1v) is 12.8. The molecule has 0 amide bonds. The maximum atomic E-state index is 13.0. The van der Waals surface area contributed by atoms with Crippen LogP contribution in [0.5, 0.6) is 0 Å². The normalized spacial score (nSPS) is 34.4. The summed E-state index contributed by atoms with van der Waals surface area (Å²) in [6, 6.07) is 18.2. The van der Waals surface area contributed by atoms with Gasteiger partial charge in [-0.1, -0.05) is 57.2 Å². The highest BCUT2D eigenvalue weighted by molar-refractivity contribution is 5.90. The zero-order chi connectivity index (χ0) is 23.9. The number of ether oxygens (including phenoxy) is 2. The number of esters is 2. The molecule has 2 aromatic rings. The van der Waals surface area contributed by atoms with E-state index < -0.39 is 12.2 Å². The van der Waals surface area contributed by atoms with E-state index >= 15 is 0 Å². The third kappa shape index (κ3) is 3.95. The van der Waals surface area contributed by atoms with Gasteiger partial charge in [-0.05, 0) is 91.4 Å². The van der Waals surface area contributed by atoms with Gasteiger partial charge in [0.15, 0.2) is 0 Å². The average Bonchev–Trinajstić information content (AvgIpc) is 2.86. The van der Waals surface area contributed by atoms with E-state index in [0.29, 0.717) is 28.9 Å². The first-order chi connectivity index (χ1) is 16.3. The molecule has 2 bridgehead atoms. The maximum Gasteiger partial charge on any atom is 0.338 e. The fourth-order valence-corrected chi connectivity index (χ4v) is 7.38. The summed E-state index contributed by atoms with van der Waals surface area (Å²) in [4.78, 5) is 26.1. The second-order valence-corrected chi connectivity index (χ2v) is 11.3. The van der Waals surface area contributed by atoms with Crippen molar-refractivity contribution >= 4 is 11.9 Å². The molecule has 0 radical (unpaired) electrons. The summed E-state index contributed by atoms with van der Waals surface area (Å²) >= 11 is 0. The van der Waals surface area contributed by atoms with E-state index in [0.717, 1.165) is 12.8 Å². The molecule has 2 aromatic carbocycles. The summed E-state index contributed by atoms with van der Waals surface area (Å²) in [6.07, 6.45) is 5.64. The molecule has 0 aromatic heterocycles. The molecule has 0 heterocycles. The molecule has 0 N–H and O–H groups in total. The monoisotopic (exact) mass is 460 g/mol. The molecular weight excluding hydrogens is 424 g/mol. The molecule has 0 aliphatic heterocycles. The Balaban J connectivity index is 1.44. The first kappa shape index (κ1) is 23.1. The molecule has 4 aliphatic rings. The summed E-state index contributed by atoms with van der Waals surface area (Å²) in [5.74, 6) is 0.877. The Kier molecular flexibility index (Phi) is 6.03. The lowest BCUT2D eigenvalue weighted by Gasteiger charge is -2.66. The molecule has 180 valence electrons. The van der Waals surface area contributed by atoms with Crippen molar-refractivity contribution in [2.45, 2.75) is 71.5 Å². The van der Waals surface area contributed by atoms with Crippen molar-refractivity contribution in [1.82, 2.24) is 0 Å². The quantitative estimate of drug-likeness (QED) is 0.466. The Labute approximate surface area is 203 Å². The molecule has 6 rings (SSSR count). The number of fused-ring (bicyclic) bond motifs is 2. The lowest BCUT2D eigenvalue weighted by Crippen LogP contribution is -2.60. The zero-order valence-corrected chi connectivity index (χ0v) is 20.5. The fourth-order valence-electron chi connectivity index (χ4n) is 7.38. The average molecular weight is 461 g/mol. The molecule has 4 aliphatic carbocycles. The van der Waals surface area contributed by atoms with Gasteiger partial charge in [0.05, 0.1) is 11.1 Å². The van der Waals surface area contributed by atoms with Gasteiger partial charge in [0.25, 0.3) is 0 Å². The Morgan fingerprint density at radius 3 is 1.62 bits per heavy atom. The van der Waals surface area contributed by atoms with Crippen molar-refractivity contribution in [3.63, 3.8) is 0 Å². The van der Waals surface area contributed by atoms with E-state index in [1.165, 1.54) is 25.7 Å². The fraction of sp³-hybridized carbons (Fsp3) is 0.533. The Hall–Kier alpha value is -2.62. The second-order valence-electron chi connectivity index (χ2n) is 11.3. The van der Waals surface area contributed by atoms with Crippen molar-refractivity contribution in [1.29, 1.82) is 0 Å². The van der Waals surface area contributed by atoms with Crippen molar-refractivity contribution in [2.75, 3.05) is 0 Å². The topological polar surface area (TPSA) is 52.6 Å². The third-order valence-electron chi connectivity index (χ3n) is 9.52. The molecule has 0 spiro atoms. The molecular formula is C30H36O4. The van der Waals surface area contributed by atoms with Crippen LogP contribution in [-0.2, 0) is 9.47 Å². The molecule has 4 heteroatoms. The molecule has 4 unspecified atom stereocenters. The third-order valence-corrected chi connectivity index (χ3v) is 9.52. The summed E-state index contributed by atoms with van der Waals surface area (Å²) in [5.41, 5.74) is 1.63. The minimum Gasteiger partial charge on any atom is -0.455 e. The van der Waals surface area contributed by atoms with E-state index in [1.807, 2.05) is 36.4 Å². The lowest BCUT2D eigenvalue weighted by molar-refractivity contribution is -0.191. The highest BCUT2D eigenvalue weighted by Gasteiger charge is 2.62. The number of rotatable bonds is 5. The van der Waals surface area contributed by atoms with Gasteiger partial charge in [-0.15, -0.1) is 0 Å². The Morgan fingerprint density at radius 2 is 1.18 bits per heavy atom. The molecule has 4 saturated carbocycles. The van der Waals surface area contributed by atoms with Crippen LogP contribution >= 0.6 is 0 Å². The summed E-state index contributed by atoms with van der Waals surface area (Å²) in [6.45, 7) is 7.15. The van der Waals surface area contributed by atoms with Gasteiger partial charge in [-0.2, -0.15) is 0 Å². The van der Waals surface area contributed by atoms with E-state index in [-0.39, 0.29) is 22.8 Å². The summed E-state index contributed by atoms with van der Waals surface area (Å²) < 4.78 is 12.2. The van der Waals surface area contributed by atoms with Gasteiger partial charge in [-0.25, -0.2) is 9.59 Å². The molecule has 4 fully saturated rings. The standard InChI is InChI=1S/C30H36O4/c1-20(2)30-16-14-29(3,15-17-30)23-18-25(33-27(31)21-10-6-4-7-11-21)26(19-24(23)30)34-28(32)22-12-8-5-9-13-22/h4-13,20,23-26H,14-19H2,1-3H3. The van der Waals surface area contributed by atoms with Crippen LogP contribution in [0.1, 0.15) is 80.0 Å². The van der Waals surface area contributed by atoms with Crippen LogP contribution in [0.4, 0.5) is 0 Å². The Morgan fingerprint density at radius 1 is 0.735 bits per heavy atom. The summed E-state index contributed by atoms with van der Waals surface area (Å²) in [5, 5.41) is 0. The number of hydrogen-bond donors (Lipinski definition) is 0. The number of benzene rings is 2. The van der Waals surface area contributed by atoms with Gasteiger partial charge in [0.1, 0.15) is 12.2 Å². The van der Waals surface area contributed by atoms with E-state index in [9.17, 15) is 9.59 Å². The largest absolute Gasteiger partial charge is 0.455 e. The van der Waals surface area contributed by atoms with Crippen molar-refractivity contribution in [3.05, 3.63) is 71.8 Å². The van der Waals surface area contributed by atoms with Crippen LogP contribution in [0.15, 0.2) is 60.7 Å². The van der Waals surface area contributed by atoms with Crippen LogP contribution in [0.25, 0.3) is 0 Å². The number of carbonyl (C=O) groups is 2. The minimum atomic E-state index is -0.430. The predicted molar refractivity (Wildman–Crippen MR) is 131 cm³/mol. The highest BCUT2D eigenvalue weighted by atomic mass is 16.6. The van der Waals surface area contributed by atoms with Gasteiger partial charge >= 0.3 is 11.9 Å². The van der Waals surface area contributed by atoms with Crippen molar-refractivity contribution in [3.8, 4) is 0 Å². The number of hydrogen-bond acceptors (Lipinski definition) is 4. The smallest absolute Gasteiger partial charge is 0.338 e. The SMILES string of the molecule is CC(C)C12CCC(C)(CC1)C1CC(OC(=O)c3ccccc3)C(OC(=O)c3ccccc3)CC12. The van der Waals surface area contributed by atoms with Crippen LogP contribution in [0.2, 0.25) is 0 Å². The van der Waals surface area contributed by atoms with Crippen molar-refractivity contribution < 1.29 is 19.1 Å². The Bertz CT molecular complexity index is 1020. The van der Waals surface area contributed by atoms with E-state index in [2.05, 4.69) is 20.8 Å². The van der Waals surface area contributed by atoms with Gasteiger partial charge in [-0.3, -0.25) is 0 Å². The van der Waals surface area contributed by atoms with Gasteiger partial charge in [0, 0.05) is 0 Å². The lowest BCUT2D eigenvalue weighted by atomic mass is 9.40. The maximum absolute atomic E-state index is 13.0. The van der Waals surface area contributed by atoms with E-state index in [1.54, 1.807) is 24.3 Å². The van der Waals surface area contributed by atoms with Crippen LogP contribution < -0.4 is 0 Å². The van der Waals surface area contributed by atoms with Crippen molar-refractivity contribution in [2.24, 2.45) is 28.6 Å². The second kappa shape index (κ2) is 8.87.